The summed E-state index contributed by atoms with van der Waals surface area (Å²) in [5.41, 5.74) is 0. The molecule has 0 aromatic heterocycles. The van der Waals surface area contributed by atoms with Crippen LogP contribution in [0.15, 0.2) is 24.3 Å². The lowest BCUT2D eigenvalue weighted by Crippen LogP contribution is -2.47. The van der Waals surface area contributed by atoms with Crippen LogP contribution in [0.4, 0.5) is 0 Å². The van der Waals surface area contributed by atoms with Gasteiger partial charge in [0.1, 0.15) is 19.3 Å². The highest BCUT2D eigenvalue weighted by molar-refractivity contribution is 7.45. The molecule has 9 nitrogen and oxygen atoms in total. The second-order valence-corrected chi connectivity index (χ2v) is 27.5. The Balaban J connectivity index is 4.95. The van der Waals surface area contributed by atoms with Crippen LogP contribution in [-0.2, 0) is 27.9 Å². The molecule has 0 rings (SSSR count). The first-order chi connectivity index (χ1) is 39.9. The number of quaternary nitrogens is 1. The number of nitrogens with one attached hydrogen (secondary N) is 1. The number of carbonyl (C=O) groups excluding carboxylic acids is 2. The van der Waals surface area contributed by atoms with Crippen molar-refractivity contribution in [2.75, 3.05) is 40.9 Å². The number of likely N-dealkylation sites (N-methyl/N-ethyl adjacent to an activating group) is 1. The van der Waals surface area contributed by atoms with Gasteiger partial charge in [-0.2, -0.15) is 0 Å². The zero-order chi connectivity index (χ0) is 60.0. The van der Waals surface area contributed by atoms with Crippen LogP contribution >= 0.6 is 7.82 Å². The minimum atomic E-state index is -4.70. The van der Waals surface area contributed by atoms with Crippen molar-refractivity contribution in [1.82, 2.24) is 5.32 Å². The first-order valence-electron chi connectivity index (χ1n) is 36.1. The summed E-state index contributed by atoms with van der Waals surface area (Å²) in [4.78, 5) is 40.2. The lowest BCUT2D eigenvalue weighted by Gasteiger charge is -2.30. The monoisotopic (exact) mass is 1180 g/mol. The summed E-state index contributed by atoms with van der Waals surface area (Å²) in [5, 5.41) is 3.05. The molecule has 1 amide bonds. The smallest absolute Gasteiger partial charge is 0.306 e. The van der Waals surface area contributed by atoms with E-state index in [1.54, 1.807) is 0 Å². The van der Waals surface area contributed by atoms with Gasteiger partial charge in [0.15, 0.2) is 0 Å². The maximum absolute atomic E-state index is 13.6. The Bertz CT molecular complexity index is 1450. The Morgan fingerprint density at radius 1 is 0.415 bits per heavy atom. The maximum Gasteiger partial charge on any atom is 0.306 e. The summed E-state index contributed by atoms with van der Waals surface area (Å²) in [6.45, 7) is 6.91. The third kappa shape index (κ3) is 63.0. The second kappa shape index (κ2) is 62.5. The molecule has 0 heterocycles. The summed E-state index contributed by atoms with van der Waals surface area (Å²) in [7, 11) is 1.21. The molecule has 0 saturated carbocycles. The van der Waals surface area contributed by atoms with Crippen molar-refractivity contribution in [1.29, 1.82) is 0 Å². The first kappa shape index (κ1) is 80.5. The van der Waals surface area contributed by atoms with E-state index >= 15 is 0 Å². The van der Waals surface area contributed by atoms with Crippen molar-refractivity contribution < 1.29 is 37.3 Å². The number of carbonyl (C=O) groups is 2. The predicted octanol–water partition coefficient (Wildman–Crippen LogP) is 22.2. The zero-order valence-electron chi connectivity index (χ0n) is 55.7. The van der Waals surface area contributed by atoms with Gasteiger partial charge in [-0.05, 0) is 57.4 Å². The number of hydrogen-bond acceptors (Lipinski definition) is 7. The summed E-state index contributed by atoms with van der Waals surface area (Å²) < 4.78 is 30.5. The van der Waals surface area contributed by atoms with Crippen LogP contribution in [0.1, 0.15) is 374 Å². The van der Waals surface area contributed by atoms with Crippen molar-refractivity contribution in [3.05, 3.63) is 24.3 Å². The van der Waals surface area contributed by atoms with Gasteiger partial charge in [-0.15, -0.1) is 0 Å². The van der Waals surface area contributed by atoms with Gasteiger partial charge in [0.25, 0.3) is 7.82 Å². The Hall–Kier alpha value is -1.51. The Labute approximate surface area is 511 Å². The fourth-order valence-electron chi connectivity index (χ4n) is 11.1. The molecule has 1 N–H and O–H groups in total. The molecule has 0 aromatic carbocycles. The molecular weight excluding hydrogens is 1040 g/mol. The molecule has 0 aliphatic heterocycles. The average molecular weight is 1180 g/mol. The lowest BCUT2D eigenvalue weighted by atomic mass is 10.0. The molecule has 0 radical (unpaired) electrons. The number of unbranched alkanes of at least 4 members (excludes halogenated alkanes) is 49. The molecule has 486 valence electrons. The lowest BCUT2D eigenvalue weighted by molar-refractivity contribution is -0.870. The van der Waals surface area contributed by atoms with Crippen molar-refractivity contribution in [2.24, 2.45) is 0 Å². The van der Waals surface area contributed by atoms with E-state index < -0.39 is 20.0 Å². The molecule has 82 heavy (non-hydrogen) atoms. The van der Waals surface area contributed by atoms with Crippen molar-refractivity contribution in [2.45, 2.75) is 386 Å². The first-order valence-corrected chi connectivity index (χ1v) is 37.6. The van der Waals surface area contributed by atoms with Crippen molar-refractivity contribution in [3.63, 3.8) is 0 Å². The molecule has 0 aliphatic carbocycles. The van der Waals surface area contributed by atoms with Crippen LogP contribution in [0.25, 0.3) is 0 Å². The van der Waals surface area contributed by atoms with E-state index in [1.807, 2.05) is 33.3 Å². The van der Waals surface area contributed by atoms with Gasteiger partial charge in [-0.25, -0.2) is 0 Å². The van der Waals surface area contributed by atoms with Crippen LogP contribution < -0.4 is 10.2 Å². The van der Waals surface area contributed by atoms with E-state index in [4.69, 9.17) is 13.8 Å². The Morgan fingerprint density at radius 2 is 0.707 bits per heavy atom. The SMILES string of the molecule is CCCCCCCC/C=C/CCCCCCCCCCCCCCCCCCCC(=O)NC(COP(=O)([O-])OCC[N+](C)(C)C)C(/C=C\CCCCCCCCCCCC)OC(=O)CCCCCCCCCCCCCCCCCCC. The summed E-state index contributed by atoms with van der Waals surface area (Å²) >= 11 is 0. The van der Waals surface area contributed by atoms with E-state index in [9.17, 15) is 19.0 Å². The standard InChI is InChI=1S/C72H141N2O7P/c1-7-10-13-16-19-22-25-28-30-32-33-34-35-36-37-38-39-40-41-43-44-46-49-52-55-58-61-64-71(75)73-69(68-80-82(77,78)79-67-66-74(4,5)6)70(63-60-57-54-51-48-27-24-21-18-15-12-9-3)81-72(76)65-62-59-56-53-50-47-45-42-31-29-26-23-20-17-14-11-8-2/h28,30,60,63,69-70H,7-27,29,31-59,61-62,64-68H2,1-6H3,(H-,73,75,77,78)/b30-28+,63-60-. The van der Waals surface area contributed by atoms with Gasteiger partial charge in [0, 0.05) is 12.8 Å². The fourth-order valence-corrected chi connectivity index (χ4v) is 11.8. The Morgan fingerprint density at radius 3 is 1.04 bits per heavy atom. The molecule has 3 unspecified atom stereocenters. The predicted molar refractivity (Wildman–Crippen MR) is 353 cm³/mol. The zero-order valence-corrected chi connectivity index (χ0v) is 56.6. The van der Waals surface area contributed by atoms with E-state index in [2.05, 4.69) is 38.2 Å². The normalized spacial score (nSPS) is 13.6. The molecule has 0 fully saturated rings. The molecule has 0 saturated heterocycles. The van der Waals surface area contributed by atoms with Crippen LogP contribution in [0.2, 0.25) is 0 Å². The highest BCUT2D eigenvalue weighted by Gasteiger charge is 2.27. The molecule has 10 heteroatoms. The second-order valence-electron chi connectivity index (χ2n) is 26.1. The molecule has 0 bridgehead atoms. The van der Waals surface area contributed by atoms with Gasteiger partial charge in [-0.3, -0.25) is 14.2 Å². The minimum Gasteiger partial charge on any atom is -0.756 e. The number of rotatable bonds is 67. The molecule has 0 aromatic rings. The molecular formula is C72H141N2O7P. The number of ether oxygens (including phenoxy) is 1. The number of nitrogens with zero attached hydrogens (tertiary/aromatic N) is 1. The minimum absolute atomic E-state index is 0.0176. The topological polar surface area (TPSA) is 114 Å². The highest BCUT2D eigenvalue weighted by atomic mass is 31.2. The van der Waals surface area contributed by atoms with Crippen LogP contribution in [0.3, 0.4) is 0 Å². The summed E-state index contributed by atoms with van der Waals surface area (Å²) in [5.74, 6) is -0.517. The highest BCUT2D eigenvalue weighted by Crippen LogP contribution is 2.38. The molecule has 0 spiro atoms. The quantitative estimate of drug-likeness (QED) is 0.0212. The number of phosphoric acid groups is 1. The van der Waals surface area contributed by atoms with E-state index in [1.165, 1.54) is 283 Å². The third-order valence-corrected chi connectivity index (χ3v) is 17.6. The van der Waals surface area contributed by atoms with Crippen LogP contribution in [0, 0.1) is 0 Å². The van der Waals surface area contributed by atoms with E-state index in [0.717, 1.165) is 57.8 Å². The van der Waals surface area contributed by atoms with Crippen molar-refractivity contribution in [3.8, 4) is 0 Å². The largest absolute Gasteiger partial charge is 0.756 e. The van der Waals surface area contributed by atoms with Crippen molar-refractivity contribution >= 4 is 19.7 Å². The Kier molecular flexibility index (Phi) is 61.4. The maximum atomic E-state index is 13.6. The summed E-state index contributed by atoms with van der Waals surface area (Å²) in [6.07, 6.45) is 75.9. The fraction of sp³-hybridized carbons (Fsp3) is 0.917. The van der Waals surface area contributed by atoms with E-state index in [0.29, 0.717) is 17.4 Å². The number of allylic oxidation sites excluding steroid dienone is 3. The van der Waals surface area contributed by atoms with Crippen LogP contribution in [0.5, 0.6) is 0 Å². The number of phosphoric ester groups is 1. The number of amides is 1. The average Bonchev–Trinajstić information content (AvgIpc) is 3.47. The summed E-state index contributed by atoms with van der Waals surface area (Å²) in [6, 6.07) is -0.882. The number of esters is 1. The van der Waals surface area contributed by atoms with Crippen LogP contribution in [-0.4, -0.2) is 69.4 Å². The molecule has 0 aliphatic rings. The van der Waals surface area contributed by atoms with Gasteiger partial charge in [0.2, 0.25) is 5.91 Å². The number of hydrogen-bond donors (Lipinski definition) is 1. The van der Waals surface area contributed by atoms with E-state index in [-0.39, 0.29) is 31.5 Å². The van der Waals surface area contributed by atoms with Gasteiger partial charge in [0.05, 0.1) is 33.8 Å². The molecule has 3 atom stereocenters. The van der Waals surface area contributed by atoms with Gasteiger partial charge in [-0.1, -0.05) is 328 Å². The van der Waals surface area contributed by atoms with Gasteiger partial charge >= 0.3 is 5.97 Å². The third-order valence-electron chi connectivity index (χ3n) is 16.6. The van der Waals surface area contributed by atoms with Gasteiger partial charge < -0.3 is 28.5 Å².